The third-order valence-electron chi connectivity index (χ3n) is 7.10. The van der Waals surface area contributed by atoms with Crippen LogP contribution >= 0.6 is 0 Å². The Labute approximate surface area is 201 Å². The van der Waals surface area contributed by atoms with Gasteiger partial charge >= 0.3 is 6.18 Å². The number of rotatable bonds is 5. The van der Waals surface area contributed by atoms with E-state index in [4.69, 9.17) is 0 Å². The predicted molar refractivity (Wildman–Crippen MR) is 123 cm³/mol. The van der Waals surface area contributed by atoms with Gasteiger partial charge in [0.2, 0.25) is 0 Å². The van der Waals surface area contributed by atoms with Gasteiger partial charge in [-0.15, -0.1) is 0 Å². The molecule has 2 aromatic rings. The first-order valence-electron chi connectivity index (χ1n) is 11.3. The summed E-state index contributed by atoms with van der Waals surface area (Å²) < 4.78 is 54.7. The van der Waals surface area contributed by atoms with Crippen LogP contribution in [0.4, 0.5) is 23.2 Å². The molecule has 0 bridgehead atoms. The van der Waals surface area contributed by atoms with Crippen molar-refractivity contribution in [3.63, 3.8) is 0 Å². The summed E-state index contributed by atoms with van der Waals surface area (Å²) in [6.45, 7) is 5.92. The molecule has 1 aromatic carbocycles. The molecule has 0 spiro atoms. The zero-order valence-corrected chi connectivity index (χ0v) is 20.3. The fraction of sp³-hybridized carbons (Fsp3) is 0.480. The molecule has 1 aliphatic carbocycles. The van der Waals surface area contributed by atoms with Crippen molar-refractivity contribution in [1.82, 2.24) is 9.88 Å². The van der Waals surface area contributed by atoms with E-state index in [0.717, 1.165) is 0 Å². The molecule has 1 saturated carbocycles. The molecule has 0 radical (unpaired) electrons. The van der Waals surface area contributed by atoms with Crippen molar-refractivity contribution >= 4 is 23.3 Å². The molecule has 0 saturated heterocycles. The lowest BCUT2D eigenvalue weighted by atomic mass is 9.73. The second-order valence-electron chi connectivity index (χ2n) is 9.55. The van der Waals surface area contributed by atoms with Crippen molar-refractivity contribution in [1.29, 1.82) is 0 Å². The van der Waals surface area contributed by atoms with Crippen LogP contribution < -0.4 is 10.6 Å². The van der Waals surface area contributed by atoms with Crippen molar-refractivity contribution in [2.24, 2.45) is 12.5 Å². The average Bonchev–Trinajstić information content (AvgIpc) is 2.99. The Morgan fingerprint density at radius 1 is 1.09 bits per heavy atom. The van der Waals surface area contributed by atoms with Crippen molar-refractivity contribution in [3.8, 4) is 0 Å². The molecule has 0 aliphatic heterocycles. The number of alkyl halides is 3. The minimum Gasteiger partial charge on any atom is -0.346 e. The quantitative estimate of drug-likeness (QED) is 0.342. The van der Waals surface area contributed by atoms with E-state index in [1.807, 2.05) is 0 Å². The number of amides is 2. The van der Waals surface area contributed by atoms with Crippen LogP contribution in [-0.2, 0) is 11.8 Å². The van der Waals surface area contributed by atoms with Gasteiger partial charge in [0, 0.05) is 24.5 Å². The number of carbonyl (C=O) groups is 3. The minimum atomic E-state index is -4.32. The first-order valence-corrected chi connectivity index (χ1v) is 11.3. The van der Waals surface area contributed by atoms with Gasteiger partial charge in [-0.05, 0) is 75.8 Å². The second-order valence-corrected chi connectivity index (χ2v) is 9.55. The SMILES string of the molecule is Cc1cc(NC(=O)c2c(C)c(C(=O)C(=O)NC3CCC(C)(C(F)(F)F)CC3)n(C)c2C)ccc1F. The molecule has 10 heteroatoms. The second kappa shape index (κ2) is 9.47. The first-order chi connectivity index (χ1) is 16.2. The maximum atomic E-state index is 13.5. The van der Waals surface area contributed by atoms with Crippen LogP contribution in [0.3, 0.4) is 0 Å². The molecule has 0 atom stereocenters. The Kier molecular flexibility index (Phi) is 7.15. The van der Waals surface area contributed by atoms with Crippen molar-refractivity contribution in [2.75, 3.05) is 5.32 Å². The van der Waals surface area contributed by atoms with E-state index >= 15 is 0 Å². The number of halogens is 4. The summed E-state index contributed by atoms with van der Waals surface area (Å²) in [5.41, 5.74) is -0.0699. The van der Waals surface area contributed by atoms with Crippen molar-refractivity contribution < 1.29 is 31.9 Å². The summed E-state index contributed by atoms with van der Waals surface area (Å²) in [5, 5.41) is 5.24. The van der Waals surface area contributed by atoms with E-state index in [1.54, 1.807) is 27.8 Å². The van der Waals surface area contributed by atoms with E-state index in [-0.39, 0.29) is 36.9 Å². The molecule has 0 unspecified atom stereocenters. The van der Waals surface area contributed by atoms with E-state index < -0.39 is 41.0 Å². The van der Waals surface area contributed by atoms with E-state index in [1.165, 1.54) is 29.7 Å². The zero-order chi connectivity index (χ0) is 26.3. The molecule has 35 heavy (non-hydrogen) atoms. The average molecular weight is 496 g/mol. The number of hydrogen-bond donors (Lipinski definition) is 2. The van der Waals surface area contributed by atoms with Gasteiger partial charge in [-0.25, -0.2) is 4.39 Å². The fourth-order valence-corrected chi connectivity index (χ4v) is 4.59. The highest BCUT2D eigenvalue weighted by atomic mass is 19.4. The van der Waals surface area contributed by atoms with Crippen molar-refractivity contribution in [2.45, 2.75) is 65.6 Å². The third kappa shape index (κ3) is 5.11. The van der Waals surface area contributed by atoms with Crippen LogP contribution in [0.25, 0.3) is 0 Å². The molecule has 2 amide bonds. The Hall–Kier alpha value is -3.17. The molecule has 1 fully saturated rings. The molecule has 1 aromatic heterocycles. The van der Waals surface area contributed by atoms with Gasteiger partial charge in [0.05, 0.1) is 16.7 Å². The molecule has 3 rings (SSSR count). The predicted octanol–water partition coefficient (Wildman–Crippen LogP) is 5.15. The Balaban J connectivity index is 1.75. The number of nitrogens with one attached hydrogen (secondary N) is 2. The number of aryl methyl sites for hydroxylation is 1. The van der Waals surface area contributed by atoms with Gasteiger partial charge in [0.25, 0.3) is 17.6 Å². The Morgan fingerprint density at radius 2 is 1.69 bits per heavy atom. The van der Waals surface area contributed by atoms with Crippen LogP contribution in [0, 0.1) is 32.0 Å². The molecule has 1 heterocycles. The molecule has 2 N–H and O–H groups in total. The monoisotopic (exact) mass is 495 g/mol. The highest BCUT2D eigenvalue weighted by molar-refractivity contribution is 6.43. The standard InChI is InChI=1S/C25H29F4N3O3/c1-13-12-17(6-7-18(13)26)31-22(34)19-14(2)20(32(5)15(19)3)21(33)23(35)30-16-8-10-24(4,11-9-16)25(27,28)29/h6-7,12,16H,8-11H2,1-5H3,(H,30,35)(H,31,34). The van der Waals surface area contributed by atoms with Crippen molar-refractivity contribution in [3.05, 3.63) is 52.1 Å². The lowest BCUT2D eigenvalue weighted by Gasteiger charge is -2.38. The largest absolute Gasteiger partial charge is 0.394 e. The number of nitrogens with zero attached hydrogens (tertiary/aromatic N) is 1. The maximum absolute atomic E-state index is 13.5. The van der Waals surface area contributed by atoms with Gasteiger partial charge in [-0.1, -0.05) is 6.92 Å². The normalized spacial score (nSPS) is 20.4. The van der Waals surface area contributed by atoms with Gasteiger partial charge in [-0.3, -0.25) is 14.4 Å². The number of Topliss-reactive ketones (excluding diaryl/α,β-unsaturated/α-hetero) is 1. The lowest BCUT2D eigenvalue weighted by molar-refractivity contribution is -0.228. The summed E-state index contributed by atoms with van der Waals surface area (Å²) in [4.78, 5) is 38.6. The Bertz CT molecular complexity index is 1180. The number of benzene rings is 1. The minimum absolute atomic E-state index is 0.0244. The number of ketones is 1. The van der Waals surface area contributed by atoms with E-state index in [0.29, 0.717) is 22.5 Å². The zero-order valence-electron chi connectivity index (χ0n) is 20.3. The summed E-state index contributed by atoms with van der Waals surface area (Å²) in [5.74, 6) is -2.71. The number of aromatic nitrogens is 1. The molecular weight excluding hydrogens is 466 g/mol. The third-order valence-corrected chi connectivity index (χ3v) is 7.10. The van der Waals surface area contributed by atoms with Gasteiger partial charge in [0.1, 0.15) is 5.82 Å². The summed E-state index contributed by atoms with van der Waals surface area (Å²) >= 11 is 0. The number of anilines is 1. The lowest BCUT2D eigenvalue weighted by Crippen LogP contribution is -2.46. The highest BCUT2D eigenvalue weighted by Crippen LogP contribution is 2.48. The van der Waals surface area contributed by atoms with Gasteiger partial charge in [0.15, 0.2) is 0 Å². The summed E-state index contributed by atoms with van der Waals surface area (Å²) in [6, 6.07) is 3.60. The van der Waals surface area contributed by atoms with Crippen LogP contribution in [0.15, 0.2) is 18.2 Å². The van der Waals surface area contributed by atoms with Gasteiger partial charge in [-0.2, -0.15) is 13.2 Å². The van der Waals surface area contributed by atoms with Crippen LogP contribution in [0.2, 0.25) is 0 Å². The number of hydrogen-bond acceptors (Lipinski definition) is 3. The molecule has 6 nitrogen and oxygen atoms in total. The maximum Gasteiger partial charge on any atom is 0.394 e. The molecule has 1 aliphatic rings. The van der Waals surface area contributed by atoms with E-state index in [9.17, 15) is 31.9 Å². The van der Waals surface area contributed by atoms with Crippen LogP contribution in [0.1, 0.15) is 70.3 Å². The summed E-state index contributed by atoms with van der Waals surface area (Å²) in [7, 11) is 1.55. The van der Waals surface area contributed by atoms with Crippen LogP contribution in [0.5, 0.6) is 0 Å². The summed E-state index contributed by atoms with van der Waals surface area (Å²) in [6.07, 6.45) is -4.36. The number of carbonyl (C=O) groups excluding carboxylic acids is 3. The van der Waals surface area contributed by atoms with Crippen LogP contribution in [-0.4, -0.2) is 34.4 Å². The smallest absolute Gasteiger partial charge is 0.346 e. The highest BCUT2D eigenvalue weighted by Gasteiger charge is 2.52. The van der Waals surface area contributed by atoms with E-state index in [2.05, 4.69) is 10.6 Å². The molecule has 190 valence electrons. The van der Waals surface area contributed by atoms with Gasteiger partial charge < -0.3 is 15.2 Å². The first kappa shape index (κ1) is 26.4. The topological polar surface area (TPSA) is 80.2 Å². The molecular formula is C25H29F4N3O3. The Morgan fingerprint density at radius 3 is 2.23 bits per heavy atom. The fourth-order valence-electron chi connectivity index (χ4n) is 4.59.